The summed E-state index contributed by atoms with van der Waals surface area (Å²) in [5, 5.41) is 3.16. The van der Waals surface area contributed by atoms with Crippen LogP contribution in [0.4, 0.5) is 5.13 Å². The van der Waals surface area contributed by atoms with Gasteiger partial charge in [-0.05, 0) is 31.2 Å². The Bertz CT molecular complexity index is 661. The van der Waals surface area contributed by atoms with Gasteiger partial charge in [0.05, 0.1) is 22.9 Å². The molecule has 2 rings (SSSR count). The number of esters is 1. The number of carbonyl (C=O) groups excluding carboxylic acids is 2. The van der Waals surface area contributed by atoms with Gasteiger partial charge in [-0.25, -0.2) is 9.78 Å². The number of benzene rings is 1. The number of amides is 1. The number of carbonyl (C=O) groups is 2. The van der Waals surface area contributed by atoms with Crippen LogP contribution in [0.3, 0.4) is 0 Å². The number of hydrogen-bond donors (Lipinski definition) is 1. The molecule has 1 aromatic heterocycles. The summed E-state index contributed by atoms with van der Waals surface area (Å²) < 4.78 is 5.47. The largest absolute Gasteiger partial charge is 0.465 e. The van der Waals surface area contributed by atoms with Crippen LogP contribution in [-0.4, -0.2) is 24.0 Å². The number of anilines is 1. The molecule has 1 aromatic carbocycles. The third kappa shape index (κ3) is 2.97. The number of methoxy groups -OCH3 is 1. The molecule has 2 aromatic rings. The number of nitrogens with zero attached hydrogens (tertiary/aromatic N) is 1. The highest BCUT2D eigenvalue weighted by Crippen LogP contribution is 2.27. The summed E-state index contributed by atoms with van der Waals surface area (Å²) in [6.45, 7) is 1.76. The molecule has 1 N–H and O–H groups in total. The number of ether oxygens (including phenoxy) is 1. The molecule has 0 radical (unpaired) electrons. The molecule has 0 fully saturated rings. The van der Waals surface area contributed by atoms with E-state index in [0.717, 1.165) is 10.2 Å². The van der Waals surface area contributed by atoms with E-state index in [0.29, 0.717) is 10.7 Å². The topological polar surface area (TPSA) is 68.3 Å². The molecular weight excluding hydrogens is 264 g/mol. The SMILES string of the molecule is C/C=C/C(=O)Nc1nc2ccc(C(=O)OC)cc2s1. The molecule has 98 valence electrons. The van der Waals surface area contributed by atoms with Crippen LogP contribution in [-0.2, 0) is 9.53 Å². The zero-order valence-corrected chi connectivity index (χ0v) is 11.3. The molecule has 0 saturated carbocycles. The molecule has 0 saturated heterocycles. The summed E-state index contributed by atoms with van der Waals surface area (Å²) in [6, 6.07) is 5.07. The predicted molar refractivity (Wildman–Crippen MR) is 74.4 cm³/mol. The number of aromatic nitrogens is 1. The number of allylic oxidation sites excluding steroid dienone is 1. The summed E-state index contributed by atoms with van der Waals surface area (Å²) in [6.07, 6.45) is 3.07. The van der Waals surface area contributed by atoms with E-state index in [2.05, 4.69) is 15.0 Å². The van der Waals surface area contributed by atoms with Gasteiger partial charge in [-0.2, -0.15) is 0 Å². The van der Waals surface area contributed by atoms with Gasteiger partial charge in [-0.3, -0.25) is 10.1 Å². The van der Waals surface area contributed by atoms with Crippen molar-refractivity contribution >= 4 is 38.6 Å². The lowest BCUT2D eigenvalue weighted by atomic mass is 10.2. The molecule has 0 aliphatic heterocycles. The van der Waals surface area contributed by atoms with E-state index in [1.54, 1.807) is 31.2 Å². The monoisotopic (exact) mass is 276 g/mol. The van der Waals surface area contributed by atoms with Crippen molar-refractivity contribution in [1.29, 1.82) is 0 Å². The molecular formula is C13H12N2O3S. The lowest BCUT2D eigenvalue weighted by Crippen LogP contribution is -2.06. The minimum Gasteiger partial charge on any atom is -0.465 e. The van der Waals surface area contributed by atoms with Crippen molar-refractivity contribution in [3.05, 3.63) is 35.9 Å². The maximum Gasteiger partial charge on any atom is 0.337 e. The van der Waals surface area contributed by atoms with Gasteiger partial charge in [0.25, 0.3) is 0 Å². The summed E-state index contributed by atoms with van der Waals surface area (Å²) in [4.78, 5) is 27.1. The van der Waals surface area contributed by atoms with Crippen LogP contribution in [0.15, 0.2) is 30.4 Å². The van der Waals surface area contributed by atoms with Crippen molar-refractivity contribution in [1.82, 2.24) is 4.98 Å². The Hall–Kier alpha value is -2.21. The molecule has 19 heavy (non-hydrogen) atoms. The van der Waals surface area contributed by atoms with E-state index >= 15 is 0 Å². The van der Waals surface area contributed by atoms with Crippen LogP contribution in [0.25, 0.3) is 10.2 Å². The van der Waals surface area contributed by atoms with Gasteiger partial charge in [-0.15, -0.1) is 0 Å². The number of nitrogens with one attached hydrogen (secondary N) is 1. The normalized spacial score (nSPS) is 10.8. The second-order valence-electron chi connectivity index (χ2n) is 3.68. The van der Waals surface area contributed by atoms with Crippen LogP contribution in [0, 0.1) is 0 Å². The number of hydrogen-bond acceptors (Lipinski definition) is 5. The van der Waals surface area contributed by atoms with Crippen molar-refractivity contribution in [3.63, 3.8) is 0 Å². The first-order valence-electron chi connectivity index (χ1n) is 5.56. The van der Waals surface area contributed by atoms with Gasteiger partial charge >= 0.3 is 5.97 Å². The average Bonchev–Trinajstić information content (AvgIpc) is 2.78. The van der Waals surface area contributed by atoms with Crippen LogP contribution in [0.1, 0.15) is 17.3 Å². The summed E-state index contributed by atoms with van der Waals surface area (Å²) in [5.41, 5.74) is 1.19. The third-order valence-electron chi connectivity index (χ3n) is 2.36. The van der Waals surface area contributed by atoms with Gasteiger partial charge in [0.1, 0.15) is 0 Å². The Morgan fingerprint density at radius 2 is 2.21 bits per heavy atom. The Morgan fingerprint density at radius 3 is 2.89 bits per heavy atom. The van der Waals surface area contributed by atoms with Gasteiger partial charge in [0.2, 0.25) is 5.91 Å². The van der Waals surface area contributed by atoms with E-state index < -0.39 is 5.97 Å². The van der Waals surface area contributed by atoms with Crippen molar-refractivity contribution < 1.29 is 14.3 Å². The van der Waals surface area contributed by atoms with Gasteiger partial charge in [0.15, 0.2) is 5.13 Å². The zero-order valence-electron chi connectivity index (χ0n) is 10.5. The van der Waals surface area contributed by atoms with Crippen LogP contribution in [0.2, 0.25) is 0 Å². The van der Waals surface area contributed by atoms with Crippen molar-refractivity contribution in [2.75, 3.05) is 12.4 Å². The van der Waals surface area contributed by atoms with Gasteiger partial charge in [-0.1, -0.05) is 17.4 Å². The summed E-state index contributed by atoms with van der Waals surface area (Å²) in [5.74, 6) is -0.621. The molecule has 5 nitrogen and oxygen atoms in total. The molecule has 0 atom stereocenters. The first-order valence-corrected chi connectivity index (χ1v) is 6.38. The second-order valence-corrected chi connectivity index (χ2v) is 4.71. The molecule has 0 bridgehead atoms. The van der Waals surface area contributed by atoms with Crippen molar-refractivity contribution in [3.8, 4) is 0 Å². The maximum atomic E-state index is 11.4. The zero-order chi connectivity index (χ0) is 13.8. The van der Waals surface area contributed by atoms with Crippen LogP contribution < -0.4 is 5.32 Å². The highest BCUT2D eigenvalue weighted by Gasteiger charge is 2.10. The van der Waals surface area contributed by atoms with Crippen molar-refractivity contribution in [2.24, 2.45) is 0 Å². The van der Waals surface area contributed by atoms with Gasteiger partial charge in [0, 0.05) is 0 Å². The quantitative estimate of drug-likeness (QED) is 0.691. The van der Waals surface area contributed by atoms with E-state index in [1.807, 2.05) is 0 Å². The molecule has 0 aliphatic carbocycles. The first kappa shape index (κ1) is 13.2. The maximum absolute atomic E-state index is 11.4. The molecule has 1 amide bonds. The standard InChI is InChI=1S/C13H12N2O3S/c1-3-4-11(16)15-13-14-9-6-5-8(12(17)18-2)7-10(9)19-13/h3-7H,1-2H3,(H,14,15,16)/b4-3+. The fraction of sp³-hybridized carbons (Fsp3) is 0.154. The lowest BCUT2D eigenvalue weighted by Gasteiger charge is -1.97. The highest BCUT2D eigenvalue weighted by molar-refractivity contribution is 7.22. The predicted octanol–water partition coefficient (Wildman–Crippen LogP) is 2.60. The Labute approximate surface area is 113 Å². The molecule has 0 spiro atoms. The third-order valence-corrected chi connectivity index (χ3v) is 3.29. The molecule has 1 heterocycles. The Morgan fingerprint density at radius 1 is 1.42 bits per heavy atom. The van der Waals surface area contributed by atoms with E-state index in [9.17, 15) is 9.59 Å². The number of thiazole rings is 1. The number of rotatable bonds is 3. The molecule has 0 unspecified atom stereocenters. The fourth-order valence-corrected chi connectivity index (χ4v) is 2.43. The summed E-state index contributed by atoms with van der Waals surface area (Å²) in [7, 11) is 1.34. The summed E-state index contributed by atoms with van der Waals surface area (Å²) >= 11 is 1.31. The second kappa shape index (κ2) is 5.62. The van der Waals surface area contributed by atoms with Gasteiger partial charge < -0.3 is 4.74 Å². The minimum absolute atomic E-state index is 0.227. The Balaban J connectivity index is 2.30. The smallest absolute Gasteiger partial charge is 0.337 e. The van der Waals surface area contributed by atoms with E-state index in [1.165, 1.54) is 24.5 Å². The van der Waals surface area contributed by atoms with E-state index in [4.69, 9.17) is 0 Å². The minimum atomic E-state index is -0.394. The fourth-order valence-electron chi connectivity index (χ4n) is 1.52. The Kier molecular flexibility index (Phi) is 3.91. The average molecular weight is 276 g/mol. The first-order chi connectivity index (χ1) is 9.13. The highest BCUT2D eigenvalue weighted by atomic mass is 32.1. The van der Waals surface area contributed by atoms with Crippen LogP contribution in [0.5, 0.6) is 0 Å². The van der Waals surface area contributed by atoms with Crippen molar-refractivity contribution in [2.45, 2.75) is 6.92 Å². The van der Waals surface area contributed by atoms with Crippen LogP contribution >= 0.6 is 11.3 Å². The molecule has 0 aliphatic rings. The lowest BCUT2D eigenvalue weighted by molar-refractivity contribution is -0.111. The molecule has 6 heteroatoms. The van der Waals surface area contributed by atoms with E-state index in [-0.39, 0.29) is 5.91 Å². The number of fused-ring (bicyclic) bond motifs is 1.